The summed E-state index contributed by atoms with van der Waals surface area (Å²) in [4.78, 5) is 0. The van der Waals surface area contributed by atoms with Gasteiger partial charge in [0, 0.05) is 20.6 Å². The van der Waals surface area contributed by atoms with E-state index in [0.717, 1.165) is 4.31 Å². The molecule has 96 valence electrons. The van der Waals surface area contributed by atoms with Gasteiger partial charge in [-0.1, -0.05) is 23.7 Å². The molecule has 1 aromatic carbocycles. The van der Waals surface area contributed by atoms with Crippen LogP contribution in [-0.4, -0.2) is 40.0 Å². The second kappa shape index (κ2) is 6.20. The third kappa shape index (κ3) is 4.51. The Morgan fingerprint density at radius 3 is 2.59 bits per heavy atom. The molecule has 1 rings (SSSR count). The molecule has 0 radical (unpaired) electrons. The summed E-state index contributed by atoms with van der Waals surface area (Å²) in [5.41, 5.74) is 0. The largest absolute Gasteiger partial charge is 0.491 e. The number of hydrogen-bond donors (Lipinski definition) is 1. The zero-order chi connectivity index (χ0) is 12.9. The SMILES string of the molecule is CN(C)S(=O)(=O)NCCOc1ccccc1Cl. The smallest absolute Gasteiger partial charge is 0.279 e. The standard InChI is InChI=1S/C10H15ClN2O3S/c1-13(2)17(14,15)12-7-8-16-10-6-4-3-5-9(10)11/h3-6,12H,7-8H2,1-2H3. The van der Waals surface area contributed by atoms with Gasteiger partial charge in [0.15, 0.2) is 0 Å². The zero-order valence-electron chi connectivity index (χ0n) is 9.68. The normalized spacial score (nSPS) is 11.8. The predicted octanol–water partition coefficient (Wildman–Crippen LogP) is 1.11. The molecule has 5 nitrogen and oxygen atoms in total. The van der Waals surface area contributed by atoms with Crippen LogP contribution in [0.25, 0.3) is 0 Å². The highest BCUT2D eigenvalue weighted by molar-refractivity contribution is 7.87. The van der Waals surface area contributed by atoms with E-state index in [1.165, 1.54) is 14.1 Å². The molecule has 0 aliphatic rings. The van der Waals surface area contributed by atoms with Gasteiger partial charge in [-0.2, -0.15) is 17.4 Å². The lowest BCUT2D eigenvalue weighted by Gasteiger charge is -2.13. The monoisotopic (exact) mass is 278 g/mol. The average molecular weight is 279 g/mol. The maximum Gasteiger partial charge on any atom is 0.279 e. The van der Waals surface area contributed by atoms with E-state index in [1.807, 2.05) is 0 Å². The summed E-state index contributed by atoms with van der Waals surface area (Å²) in [6.07, 6.45) is 0. The second-order valence-corrected chi connectivity index (χ2v) is 5.84. The quantitative estimate of drug-likeness (QED) is 0.793. The number of nitrogens with one attached hydrogen (secondary N) is 1. The molecule has 0 unspecified atom stereocenters. The van der Waals surface area contributed by atoms with E-state index in [-0.39, 0.29) is 13.2 Å². The number of halogens is 1. The number of rotatable bonds is 6. The fourth-order valence-electron chi connectivity index (χ4n) is 1.02. The van der Waals surface area contributed by atoms with Crippen molar-refractivity contribution >= 4 is 21.8 Å². The number of benzene rings is 1. The molecular weight excluding hydrogens is 264 g/mol. The molecule has 0 fully saturated rings. The van der Waals surface area contributed by atoms with Crippen molar-refractivity contribution in [2.45, 2.75) is 0 Å². The van der Waals surface area contributed by atoms with Gasteiger partial charge in [0.1, 0.15) is 12.4 Å². The van der Waals surface area contributed by atoms with E-state index >= 15 is 0 Å². The van der Waals surface area contributed by atoms with Crippen molar-refractivity contribution in [3.8, 4) is 5.75 Å². The van der Waals surface area contributed by atoms with Crippen molar-refractivity contribution in [1.29, 1.82) is 0 Å². The Hall–Kier alpha value is -0.820. The Morgan fingerprint density at radius 2 is 2.00 bits per heavy atom. The molecule has 0 aliphatic carbocycles. The molecule has 0 bridgehead atoms. The van der Waals surface area contributed by atoms with Crippen LogP contribution in [0.2, 0.25) is 5.02 Å². The van der Waals surface area contributed by atoms with Gasteiger partial charge in [-0.3, -0.25) is 0 Å². The van der Waals surface area contributed by atoms with Gasteiger partial charge >= 0.3 is 0 Å². The Morgan fingerprint density at radius 1 is 1.35 bits per heavy atom. The molecule has 0 aliphatic heterocycles. The minimum Gasteiger partial charge on any atom is -0.491 e. The topological polar surface area (TPSA) is 58.6 Å². The second-order valence-electron chi connectivity index (χ2n) is 3.46. The van der Waals surface area contributed by atoms with Gasteiger partial charge in [0.25, 0.3) is 10.2 Å². The van der Waals surface area contributed by atoms with Crippen LogP contribution in [0.1, 0.15) is 0 Å². The summed E-state index contributed by atoms with van der Waals surface area (Å²) in [5, 5.41) is 0.503. The molecule has 0 saturated carbocycles. The van der Waals surface area contributed by atoms with Gasteiger partial charge in [-0.05, 0) is 12.1 Å². The molecule has 0 saturated heterocycles. The zero-order valence-corrected chi connectivity index (χ0v) is 11.3. The lowest BCUT2D eigenvalue weighted by atomic mass is 10.3. The summed E-state index contributed by atoms with van der Waals surface area (Å²) in [6.45, 7) is 0.405. The minimum absolute atomic E-state index is 0.186. The number of para-hydroxylation sites is 1. The molecule has 0 amide bonds. The van der Waals surface area contributed by atoms with Crippen LogP contribution in [0.3, 0.4) is 0 Å². The van der Waals surface area contributed by atoms with Crippen molar-refractivity contribution in [1.82, 2.24) is 9.03 Å². The maximum atomic E-state index is 11.3. The van der Waals surface area contributed by atoms with Crippen LogP contribution in [-0.2, 0) is 10.2 Å². The van der Waals surface area contributed by atoms with Crippen LogP contribution < -0.4 is 9.46 Å². The molecule has 1 N–H and O–H groups in total. The first-order valence-corrected chi connectivity index (χ1v) is 6.80. The van der Waals surface area contributed by atoms with Crippen molar-refractivity contribution < 1.29 is 13.2 Å². The van der Waals surface area contributed by atoms with Crippen LogP contribution in [0.15, 0.2) is 24.3 Å². The molecule has 0 spiro atoms. The Kier molecular flexibility index (Phi) is 5.20. The summed E-state index contributed by atoms with van der Waals surface area (Å²) in [7, 11) is -0.481. The van der Waals surface area contributed by atoms with Crippen LogP contribution >= 0.6 is 11.6 Å². The Labute approximate surface area is 107 Å². The molecule has 17 heavy (non-hydrogen) atoms. The predicted molar refractivity (Wildman–Crippen MR) is 67.6 cm³/mol. The number of ether oxygens (including phenoxy) is 1. The van der Waals surface area contributed by atoms with Gasteiger partial charge < -0.3 is 4.74 Å². The van der Waals surface area contributed by atoms with E-state index in [1.54, 1.807) is 24.3 Å². The maximum absolute atomic E-state index is 11.3. The van der Waals surface area contributed by atoms with Crippen LogP contribution in [0.4, 0.5) is 0 Å². The van der Waals surface area contributed by atoms with Crippen molar-refractivity contribution in [2.24, 2.45) is 0 Å². The van der Waals surface area contributed by atoms with Crippen molar-refractivity contribution in [2.75, 3.05) is 27.2 Å². The first kappa shape index (κ1) is 14.2. The molecule has 1 aromatic rings. The van der Waals surface area contributed by atoms with Gasteiger partial charge in [0.05, 0.1) is 5.02 Å². The summed E-state index contributed by atoms with van der Waals surface area (Å²) < 4.78 is 31.5. The fraction of sp³-hybridized carbons (Fsp3) is 0.400. The third-order valence-electron chi connectivity index (χ3n) is 1.96. The summed E-state index contributed by atoms with van der Waals surface area (Å²) >= 11 is 5.87. The Bertz CT molecular complexity index is 462. The first-order valence-electron chi connectivity index (χ1n) is 4.98. The van der Waals surface area contributed by atoms with Gasteiger partial charge in [-0.25, -0.2) is 0 Å². The van der Waals surface area contributed by atoms with Crippen molar-refractivity contribution in [3.63, 3.8) is 0 Å². The van der Waals surface area contributed by atoms with E-state index in [0.29, 0.717) is 10.8 Å². The fourth-order valence-corrected chi connectivity index (χ4v) is 1.81. The number of nitrogens with zero attached hydrogens (tertiary/aromatic N) is 1. The highest BCUT2D eigenvalue weighted by atomic mass is 35.5. The van der Waals surface area contributed by atoms with E-state index in [9.17, 15) is 8.42 Å². The molecule has 0 atom stereocenters. The number of hydrogen-bond acceptors (Lipinski definition) is 3. The lowest BCUT2D eigenvalue weighted by Crippen LogP contribution is -2.37. The minimum atomic E-state index is -3.39. The molecule has 7 heteroatoms. The summed E-state index contributed by atoms with van der Waals surface area (Å²) in [6, 6.07) is 7.03. The van der Waals surface area contributed by atoms with E-state index in [4.69, 9.17) is 16.3 Å². The Balaban J connectivity index is 2.38. The third-order valence-corrected chi connectivity index (χ3v) is 3.80. The highest BCUT2D eigenvalue weighted by Crippen LogP contribution is 2.22. The molecule has 0 heterocycles. The van der Waals surface area contributed by atoms with E-state index < -0.39 is 10.2 Å². The van der Waals surface area contributed by atoms with Gasteiger partial charge in [0.2, 0.25) is 0 Å². The van der Waals surface area contributed by atoms with E-state index in [2.05, 4.69) is 4.72 Å². The lowest BCUT2D eigenvalue weighted by molar-refractivity contribution is 0.321. The molecule has 0 aromatic heterocycles. The van der Waals surface area contributed by atoms with Gasteiger partial charge in [-0.15, -0.1) is 0 Å². The first-order chi connectivity index (χ1) is 7.93. The van der Waals surface area contributed by atoms with Crippen LogP contribution in [0, 0.1) is 0 Å². The van der Waals surface area contributed by atoms with Crippen LogP contribution in [0.5, 0.6) is 5.75 Å². The summed E-state index contributed by atoms with van der Waals surface area (Å²) in [5.74, 6) is 0.540. The highest BCUT2D eigenvalue weighted by Gasteiger charge is 2.11. The van der Waals surface area contributed by atoms with Crippen molar-refractivity contribution in [3.05, 3.63) is 29.3 Å². The average Bonchev–Trinajstić information content (AvgIpc) is 2.26. The molecular formula is C10H15ClN2O3S.